The molecule has 2 aromatic rings. The first kappa shape index (κ1) is 22.2. The van der Waals surface area contributed by atoms with Gasteiger partial charge in [-0.15, -0.1) is 6.58 Å². The summed E-state index contributed by atoms with van der Waals surface area (Å²) in [7, 11) is 1.66. The fraction of sp³-hybridized carbons (Fsp3) is 0.478. The Morgan fingerprint density at radius 1 is 1.37 bits per heavy atom. The zero-order valence-electron chi connectivity index (χ0n) is 17.4. The first-order valence-corrected chi connectivity index (χ1v) is 10.2. The molecule has 2 bridgehead atoms. The molecule has 3 aliphatic rings. The molecule has 5 rings (SSSR count). The highest BCUT2D eigenvalue weighted by Gasteiger charge is 2.42. The highest BCUT2D eigenvalue weighted by Crippen LogP contribution is 2.42. The number of carboxylic acid groups (broad SMARTS) is 1. The van der Waals surface area contributed by atoms with Crippen LogP contribution in [0.4, 0.5) is 0 Å². The Hall–Kier alpha value is -2.48. The number of aliphatic carboxylic acids is 1. The van der Waals surface area contributed by atoms with E-state index < -0.39 is 18.2 Å². The molecule has 4 heterocycles. The molecule has 7 heteroatoms. The van der Waals surface area contributed by atoms with Crippen LogP contribution >= 0.6 is 0 Å². The SMILES string of the molecule is C=C[C@H]1CN2CC[C@H]1C[C@@H]2C(O)c1ccnc2ccc(OC)cc12.CC(O)C(=O)O. The van der Waals surface area contributed by atoms with Gasteiger partial charge in [0.05, 0.1) is 18.7 Å². The van der Waals surface area contributed by atoms with Gasteiger partial charge in [-0.3, -0.25) is 9.88 Å². The maximum Gasteiger partial charge on any atom is 0.332 e. The monoisotopic (exact) mass is 414 g/mol. The van der Waals surface area contributed by atoms with E-state index in [0.29, 0.717) is 11.8 Å². The normalized spacial score (nSPS) is 26.9. The average molecular weight is 415 g/mol. The van der Waals surface area contributed by atoms with E-state index in [-0.39, 0.29) is 6.04 Å². The quantitative estimate of drug-likeness (QED) is 0.646. The minimum Gasteiger partial charge on any atom is -0.497 e. The van der Waals surface area contributed by atoms with Crippen molar-refractivity contribution in [2.45, 2.75) is 38.0 Å². The molecular weight excluding hydrogens is 384 g/mol. The second-order valence-electron chi connectivity index (χ2n) is 7.99. The first-order chi connectivity index (χ1) is 14.3. The predicted molar refractivity (Wildman–Crippen MR) is 114 cm³/mol. The van der Waals surface area contributed by atoms with Crippen molar-refractivity contribution < 1.29 is 24.9 Å². The number of aromatic nitrogens is 1. The van der Waals surface area contributed by atoms with Crippen molar-refractivity contribution in [3.63, 3.8) is 0 Å². The molecule has 162 valence electrons. The summed E-state index contributed by atoms with van der Waals surface area (Å²) >= 11 is 0. The van der Waals surface area contributed by atoms with Gasteiger partial charge >= 0.3 is 5.97 Å². The average Bonchev–Trinajstić information content (AvgIpc) is 2.78. The molecule has 1 aromatic carbocycles. The van der Waals surface area contributed by atoms with Crippen LogP contribution < -0.4 is 4.74 Å². The lowest BCUT2D eigenvalue weighted by Gasteiger charge is -2.50. The molecule has 0 radical (unpaired) electrons. The summed E-state index contributed by atoms with van der Waals surface area (Å²) in [6.07, 6.45) is 4.39. The summed E-state index contributed by atoms with van der Waals surface area (Å²) in [5.41, 5.74) is 1.85. The van der Waals surface area contributed by atoms with Gasteiger partial charge in [0.25, 0.3) is 0 Å². The van der Waals surface area contributed by atoms with Gasteiger partial charge in [0.2, 0.25) is 0 Å². The van der Waals surface area contributed by atoms with Crippen LogP contribution in [0, 0.1) is 11.8 Å². The van der Waals surface area contributed by atoms with Gasteiger partial charge in [-0.05, 0) is 68.0 Å². The highest BCUT2D eigenvalue weighted by atomic mass is 16.5. The zero-order chi connectivity index (χ0) is 21.8. The Morgan fingerprint density at radius 3 is 2.67 bits per heavy atom. The number of hydrogen-bond acceptors (Lipinski definition) is 6. The van der Waals surface area contributed by atoms with Crippen molar-refractivity contribution in [2.75, 3.05) is 20.2 Å². The molecule has 3 saturated heterocycles. The number of methoxy groups -OCH3 is 1. The van der Waals surface area contributed by atoms with E-state index in [4.69, 9.17) is 14.9 Å². The third kappa shape index (κ3) is 4.64. The maximum absolute atomic E-state index is 11.2. The Kier molecular flexibility index (Phi) is 7.07. The molecular formula is C23H30N2O5. The van der Waals surface area contributed by atoms with E-state index >= 15 is 0 Å². The van der Waals surface area contributed by atoms with E-state index in [1.807, 2.05) is 24.3 Å². The van der Waals surface area contributed by atoms with Crippen LogP contribution in [0.25, 0.3) is 10.9 Å². The number of aliphatic hydroxyl groups is 2. The second kappa shape index (κ2) is 9.55. The van der Waals surface area contributed by atoms with Gasteiger partial charge in [-0.25, -0.2) is 4.79 Å². The number of aliphatic hydroxyl groups excluding tert-OH is 2. The van der Waals surface area contributed by atoms with Crippen LogP contribution in [0.5, 0.6) is 5.75 Å². The Morgan fingerprint density at radius 2 is 2.10 bits per heavy atom. The summed E-state index contributed by atoms with van der Waals surface area (Å²) in [5.74, 6) is 0.822. The van der Waals surface area contributed by atoms with Crippen molar-refractivity contribution in [1.29, 1.82) is 0 Å². The summed E-state index contributed by atoms with van der Waals surface area (Å²) in [6, 6.07) is 7.96. The van der Waals surface area contributed by atoms with Crippen LogP contribution in [0.15, 0.2) is 43.1 Å². The van der Waals surface area contributed by atoms with Crippen LogP contribution in [0.2, 0.25) is 0 Å². The number of piperidine rings is 3. The Balaban J connectivity index is 0.000000377. The summed E-state index contributed by atoms with van der Waals surface area (Å²) < 4.78 is 5.35. The standard InChI is InChI=1S/C20H24N2O2.C3H6O3/c1-3-13-12-22-9-7-14(13)10-19(22)20(23)16-6-8-21-18-5-4-15(24-2)11-17(16)18;1-2(4)3(5)6/h3-6,8,11,13-14,19-20,23H,1,7,9-10,12H2,2H3;2,4H,1H3,(H,5,6)/t13-,14-,19+,20?;/m0./s1. The van der Waals surface area contributed by atoms with Crippen molar-refractivity contribution in [2.24, 2.45) is 11.8 Å². The van der Waals surface area contributed by atoms with Crippen LogP contribution in [0.3, 0.4) is 0 Å². The fourth-order valence-corrected chi connectivity index (χ4v) is 4.44. The minimum absolute atomic E-state index is 0.178. The molecule has 3 aliphatic heterocycles. The van der Waals surface area contributed by atoms with Gasteiger partial charge in [-0.1, -0.05) is 6.08 Å². The van der Waals surface area contributed by atoms with Gasteiger partial charge in [0.1, 0.15) is 11.9 Å². The molecule has 3 N–H and O–H groups in total. The lowest BCUT2D eigenvalue weighted by Crippen LogP contribution is -2.54. The van der Waals surface area contributed by atoms with Gasteiger partial charge in [-0.2, -0.15) is 0 Å². The third-order valence-electron chi connectivity index (χ3n) is 6.18. The molecule has 6 atom stereocenters. The van der Waals surface area contributed by atoms with Gasteiger partial charge in [0.15, 0.2) is 0 Å². The van der Waals surface area contributed by atoms with Crippen LogP contribution in [0.1, 0.15) is 31.4 Å². The van der Waals surface area contributed by atoms with Crippen molar-refractivity contribution in [3.8, 4) is 5.75 Å². The molecule has 0 aliphatic carbocycles. The first-order valence-electron chi connectivity index (χ1n) is 10.2. The van der Waals surface area contributed by atoms with E-state index in [0.717, 1.165) is 41.7 Å². The number of benzene rings is 1. The van der Waals surface area contributed by atoms with Crippen LogP contribution in [-0.4, -0.2) is 63.5 Å². The third-order valence-corrected chi connectivity index (χ3v) is 6.18. The lowest BCUT2D eigenvalue weighted by atomic mass is 9.73. The molecule has 3 unspecified atom stereocenters. The lowest BCUT2D eigenvalue weighted by molar-refractivity contribution is -0.145. The summed E-state index contributed by atoms with van der Waals surface area (Å²) in [6.45, 7) is 7.27. The molecule has 0 saturated carbocycles. The highest BCUT2D eigenvalue weighted by molar-refractivity contribution is 5.84. The molecule has 30 heavy (non-hydrogen) atoms. The van der Waals surface area contributed by atoms with Crippen molar-refractivity contribution in [3.05, 3.63) is 48.7 Å². The number of nitrogens with zero attached hydrogens (tertiary/aromatic N) is 2. The van der Waals surface area contributed by atoms with Crippen LogP contribution in [-0.2, 0) is 4.79 Å². The van der Waals surface area contributed by atoms with Crippen molar-refractivity contribution in [1.82, 2.24) is 9.88 Å². The largest absolute Gasteiger partial charge is 0.497 e. The fourth-order valence-electron chi connectivity index (χ4n) is 4.44. The number of ether oxygens (including phenoxy) is 1. The number of carbonyl (C=O) groups is 1. The molecule has 7 nitrogen and oxygen atoms in total. The minimum atomic E-state index is -1.23. The predicted octanol–water partition coefficient (Wildman–Crippen LogP) is 2.63. The zero-order valence-corrected chi connectivity index (χ0v) is 17.4. The summed E-state index contributed by atoms with van der Waals surface area (Å²) in [4.78, 5) is 16.3. The van der Waals surface area contributed by atoms with E-state index in [1.165, 1.54) is 13.3 Å². The van der Waals surface area contributed by atoms with E-state index in [2.05, 4.69) is 22.5 Å². The second-order valence-corrected chi connectivity index (χ2v) is 7.99. The van der Waals surface area contributed by atoms with E-state index in [1.54, 1.807) is 13.3 Å². The molecule has 0 amide bonds. The number of carboxylic acids is 1. The van der Waals surface area contributed by atoms with Gasteiger partial charge < -0.3 is 20.1 Å². The summed E-state index contributed by atoms with van der Waals surface area (Å²) in [5, 5.41) is 27.9. The number of pyridine rings is 1. The van der Waals surface area contributed by atoms with Gasteiger partial charge in [0, 0.05) is 24.2 Å². The van der Waals surface area contributed by atoms with E-state index in [9.17, 15) is 9.90 Å². The molecule has 3 fully saturated rings. The number of rotatable bonds is 5. The Labute approximate surface area is 176 Å². The molecule has 1 aromatic heterocycles. The Bertz CT molecular complexity index is 900. The van der Waals surface area contributed by atoms with Crippen molar-refractivity contribution >= 4 is 16.9 Å². The maximum atomic E-state index is 11.2. The molecule has 0 spiro atoms. The topological polar surface area (TPSA) is 103 Å². The smallest absolute Gasteiger partial charge is 0.332 e. The number of fused-ring (bicyclic) bond motifs is 4. The number of hydrogen-bond donors (Lipinski definition) is 3.